The fourth-order valence-electron chi connectivity index (χ4n) is 0.989. The summed E-state index contributed by atoms with van der Waals surface area (Å²) in [5.41, 5.74) is -0.0347. The van der Waals surface area contributed by atoms with Crippen molar-refractivity contribution in [3.63, 3.8) is 0 Å². The van der Waals surface area contributed by atoms with E-state index in [2.05, 4.69) is 36.2 Å². The summed E-state index contributed by atoms with van der Waals surface area (Å²) >= 11 is 0. The van der Waals surface area contributed by atoms with Crippen molar-refractivity contribution in [2.45, 2.75) is 45.1 Å². The lowest BCUT2D eigenvalue weighted by molar-refractivity contribution is 0.402. The van der Waals surface area contributed by atoms with Gasteiger partial charge in [-0.15, -0.1) is 0 Å². The van der Waals surface area contributed by atoms with Crippen molar-refractivity contribution in [2.24, 2.45) is 0 Å². The standard InChI is InChI=1S/C9H15N3O/c1-9(2,3)7-11-8(13-12-7)10-6-4-5-6/h6H,4-5H2,1-3H3,(H,10,11,12). The minimum Gasteiger partial charge on any atom is -0.335 e. The highest BCUT2D eigenvalue weighted by Gasteiger charge is 2.25. The molecule has 1 aliphatic carbocycles. The van der Waals surface area contributed by atoms with Gasteiger partial charge >= 0.3 is 6.01 Å². The quantitative estimate of drug-likeness (QED) is 0.757. The van der Waals surface area contributed by atoms with E-state index in [0.717, 1.165) is 5.82 Å². The molecule has 0 atom stereocenters. The Kier molecular flexibility index (Phi) is 1.78. The van der Waals surface area contributed by atoms with Gasteiger partial charge in [0.25, 0.3) is 0 Å². The summed E-state index contributed by atoms with van der Waals surface area (Å²) in [6, 6.07) is 1.13. The van der Waals surface area contributed by atoms with Crippen LogP contribution >= 0.6 is 0 Å². The van der Waals surface area contributed by atoms with E-state index in [1.54, 1.807) is 0 Å². The van der Waals surface area contributed by atoms with Crippen molar-refractivity contribution in [3.05, 3.63) is 5.82 Å². The van der Waals surface area contributed by atoms with E-state index in [-0.39, 0.29) is 5.41 Å². The predicted molar refractivity (Wildman–Crippen MR) is 49.6 cm³/mol. The molecule has 0 aromatic carbocycles. The van der Waals surface area contributed by atoms with Crippen molar-refractivity contribution in [1.82, 2.24) is 10.1 Å². The molecule has 1 aliphatic rings. The lowest BCUT2D eigenvalue weighted by Crippen LogP contribution is -2.13. The third kappa shape index (κ3) is 1.99. The first-order valence-electron chi connectivity index (χ1n) is 4.66. The predicted octanol–water partition coefficient (Wildman–Crippen LogP) is 1.94. The maximum absolute atomic E-state index is 5.07. The average molecular weight is 181 g/mol. The first-order chi connectivity index (χ1) is 6.05. The second-order valence-corrected chi connectivity index (χ2v) is 4.59. The largest absolute Gasteiger partial charge is 0.335 e. The van der Waals surface area contributed by atoms with Crippen LogP contribution in [0.4, 0.5) is 6.01 Å². The van der Waals surface area contributed by atoms with Gasteiger partial charge in [0.1, 0.15) is 0 Å². The molecule has 1 aromatic heterocycles. The van der Waals surface area contributed by atoms with Gasteiger partial charge < -0.3 is 9.84 Å². The minimum atomic E-state index is -0.0347. The van der Waals surface area contributed by atoms with E-state index in [1.165, 1.54) is 12.8 Å². The molecular formula is C9H15N3O. The number of nitrogens with one attached hydrogen (secondary N) is 1. The van der Waals surface area contributed by atoms with Crippen LogP contribution in [0.3, 0.4) is 0 Å². The molecule has 72 valence electrons. The molecule has 1 N–H and O–H groups in total. The lowest BCUT2D eigenvalue weighted by Gasteiger charge is -2.10. The van der Waals surface area contributed by atoms with Crippen LogP contribution in [0.15, 0.2) is 4.52 Å². The van der Waals surface area contributed by atoms with Crippen molar-refractivity contribution in [1.29, 1.82) is 0 Å². The zero-order valence-electron chi connectivity index (χ0n) is 8.29. The molecule has 0 saturated heterocycles. The second kappa shape index (κ2) is 2.72. The van der Waals surface area contributed by atoms with Crippen LogP contribution < -0.4 is 5.32 Å². The third-order valence-corrected chi connectivity index (χ3v) is 2.00. The van der Waals surface area contributed by atoms with E-state index in [9.17, 15) is 0 Å². The molecular weight excluding hydrogens is 166 g/mol. The number of rotatable bonds is 2. The van der Waals surface area contributed by atoms with Gasteiger partial charge in [-0.2, -0.15) is 4.98 Å². The Labute approximate surface area is 77.7 Å². The number of nitrogens with zero attached hydrogens (tertiary/aromatic N) is 2. The lowest BCUT2D eigenvalue weighted by atomic mass is 9.96. The molecule has 13 heavy (non-hydrogen) atoms. The van der Waals surface area contributed by atoms with Gasteiger partial charge in [-0.05, 0) is 12.8 Å². The van der Waals surface area contributed by atoms with E-state index >= 15 is 0 Å². The summed E-state index contributed by atoms with van der Waals surface area (Å²) in [5.74, 6) is 0.760. The van der Waals surface area contributed by atoms with Gasteiger partial charge in [0, 0.05) is 11.5 Å². The molecule has 0 aliphatic heterocycles. The van der Waals surface area contributed by atoms with E-state index in [1.807, 2.05) is 0 Å². The number of hydrogen-bond acceptors (Lipinski definition) is 4. The minimum absolute atomic E-state index is 0.0347. The highest BCUT2D eigenvalue weighted by atomic mass is 16.5. The van der Waals surface area contributed by atoms with Crippen molar-refractivity contribution < 1.29 is 4.52 Å². The van der Waals surface area contributed by atoms with Crippen LogP contribution in [0.25, 0.3) is 0 Å². The first kappa shape index (κ1) is 8.53. The maximum Gasteiger partial charge on any atom is 0.321 e. The molecule has 0 unspecified atom stereocenters. The highest BCUT2D eigenvalue weighted by Crippen LogP contribution is 2.25. The number of hydrogen-bond donors (Lipinski definition) is 1. The van der Waals surface area contributed by atoms with Gasteiger partial charge in [-0.3, -0.25) is 0 Å². The molecule has 1 fully saturated rings. The van der Waals surface area contributed by atoms with Crippen LogP contribution in [0, 0.1) is 0 Å². The van der Waals surface area contributed by atoms with Gasteiger partial charge in [0.15, 0.2) is 5.82 Å². The summed E-state index contributed by atoms with van der Waals surface area (Å²) in [4.78, 5) is 4.27. The Morgan fingerprint density at radius 3 is 2.54 bits per heavy atom. The SMILES string of the molecule is CC(C)(C)c1noc(NC2CC2)n1. The summed E-state index contributed by atoms with van der Waals surface area (Å²) in [5, 5.41) is 7.09. The smallest absolute Gasteiger partial charge is 0.321 e. The first-order valence-corrected chi connectivity index (χ1v) is 4.66. The summed E-state index contributed by atoms with van der Waals surface area (Å²) in [6.45, 7) is 6.20. The summed E-state index contributed by atoms with van der Waals surface area (Å²) in [6.07, 6.45) is 2.43. The molecule has 2 rings (SSSR count). The van der Waals surface area contributed by atoms with Gasteiger partial charge in [-0.1, -0.05) is 25.9 Å². The van der Waals surface area contributed by atoms with Crippen molar-refractivity contribution in [3.8, 4) is 0 Å². The molecule has 1 heterocycles. The van der Waals surface area contributed by atoms with Crippen LogP contribution in [0.2, 0.25) is 0 Å². The highest BCUT2D eigenvalue weighted by molar-refractivity contribution is 5.24. The Bertz CT molecular complexity index is 296. The fourth-order valence-corrected chi connectivity index (χ4v) is 0.989. The normalized spacial score (nSPS) is 17.5. The zero-order chi connectivity index (χ0) is 9.47. The number of aromatic nitrogens is 2. The Morgan fingerprint density at radius 1 is 1.38 bits per heavy atom. The molecule has 4 nitrogen and oxygen atoms in total. The average Bonchev–Trinajstić information content (AvgIpc) is 2.63. The van der Waals surface area contributed by atoms with E-state index in [0.29, 0.717) is 12.1 Å². The summed E-state index contributed by atoms with van der Waals surface area (Å²) < 4.78 is 5.07. The van der Waals surface area contributed by atoms with Gasteiger partial charge in [0.2, 0.25) is 0 Å². The van der Waals surface area contributed by atoms with Crippen LogP contribution in [-0.4, -0.2) is 16.2 Å². The zero-order valence-corrected chi connectivity index (χ0v) is 8.29. The Morgan fingerprint density at radius 2 is 2.08 bits per heavy atom. The van der Waals surface area contributed by atoms with E-state index in [4.69, 9.17) is 4.52 Å². The molecule has 1 saturated carbocycles. The maximum atomic E-state index is 5.07. The molecule has 0 bridgehead atoms. The van der Waals surface area contributed by atoms with Crippen molar-refractivity contribution >= 4 is 6.01 Å². The van der Waals surface area contributed by atoms with E-state index < -0.39 is 0 Å². The molecule has 1 aromatic rings. The monoisotopic (exact) mass is 181 g/mol. The van der Waals surface area contributed by atoms with Crippen molar-refractivity contribution in [2.75, 3.05) is 5.32 Å². The fraction of sp³-hybridized carbons (Fsp3) is 0.778. The summed E-state index contributed by atoms with van der Waals surface area (Å²) in [7, 11) is 0. The van der Waals surface area contributed by atoms with Crippen LogP contribution in [0.1, 0.15) is 39.4 Å². The molecule has 0 radical (unpaired) electrons. The Balaban J connectivity index is 2.08. The van der Waals surface area contributed by atoms with Gasteiger partial charge in [0.05, 0.1) is 0 Å². The number of anilines is 1. The second-order valence-electron chi connectivity index (χ2n) is 4.59. The Hall–Kier alpha value is -1.06. The topological polar surface area (TPSA) is 51.0 Å². The molecule has 0 spiro atoms. The molecule has 0 amide bonds. The van der Waals surface area contributed by atoms with Crippen LogP contribution in [0.5, 0.6) is 0 Å². The third-order valence-electron chi connectivity index (χ3n) is 2.00. The van der Waals surface area contributed by atoms with Crippen LogP contribution in [-0.2, 0) is 5.41 Å². The van der Waals surface area contributed by atoms with Gasteiger partial charge in [-0.25, -0.2) is 0 Å². The molecule has 4 heteroatoms.